The van der Waals surface area contributed by atoms with E-state index in [1.165, 1.54) is 18.2 Å². The number of nitrogens with two attached hydrogens (primary N) is 1. The van der Waals surface area contributed by atoms with Crippen LogP contribution in [0.1, 0.15) is 12.8 Å². The highest BCUT2D eigenvalue weighted by molar-refractivity contribution is 7.99. The average molecular weight is 418 g/mol. The molecule has 3 N–H and O–H groups in total. The smallest absolute Gasteiger partial charge is 0.231 e. The Kier molecular flexibility index (Phi) is 4.70. The van der Waals surface area contributed by atoms with Crippen molar-refractivity contribution in [3.63, 3.8) is 0 Å². The van der Waals surface area contributed by atoms with Crippen molar-refractivity contribution >= 4 is 40.2 Å². The lowest BCUT2D eigenvalue weighted by Gasteiger charge is -2.13. The lowest BCUT2D eigenvalue weighted by Crippen LogP contribution is -2.11. The molecule has 0 aliphatic carbocycles. The summed E-state index contributed by atoms with van der Waals surface area (Å²) in [7, 11) is 0. The topological polar surface area (TPSA) is 87.2 Å². The number of pyridine rings is 1. The molecule has 0 bridgehead atoms. The molecule has 2 aromatic heterocycles. The summed E-state index contributed by atoms with van der Waals surface area (Å²) in [6, 6.07) is 5.66. The number of hydrogen-bond donors (Lipinski definition) is 2. The van der Waals surface area contributed by atoms with Gasteiger partial charge in [-0.1, -0.05) is 11.6 Å². The molecule has 1 saturated heterocycles. The number of aryl methyl sites for hydroxylation is 1. The first-order valence-corrected chi connectivity index (χ1v) is 10.5. The van der Waals surface area contributed by atoms with Crippen LogP contribution >= 0.6 is 23.4 Å². The van der Waals surface area contributed by atoms with Gasteiger partial charge in [0.25, 0.3) is 0 Å². The first-order valence-electron chi connectivity index (χ1n) is 9.27. The Morgan fingerprint density at radius 1 is 1.32 bits per heavy atom. The summed E-state index contributed by atoms with van der Waals surface area (Å²) in [5.74, 6) is 2.50. The number of ether oxygens (including phenoxy) is 2. The first-order chi connectivity index (χ1) is 13.7. The number of benzene rings is 1. The highest BCUT2D eigenvalue weighted by Crippen LogP contribution is 2.43. The van der Waals surface area contributed by atoms with Gasteiger partial charge in [0.2, 0.25) is 6.79 Å². The zero-order valence-electron chi connectivity index (χ0n) is 15.2. The molecular weight excluding hydrogens is 398 g/mol. The van der Waals surface area contributed by atoms with E-state index in [9.17, 15) is 0 Å². The lowest BCUT2D eigenvalue weighted by molar-refractivity contribution is 0.174. The van der Waals surface area contributed by atoms with E-state index in [2.05, 4.69) is 14.9 Å². The number of aromatic nitrogens is 3. The van der Waals surface area contributed by atoms with Gasteiger partial charge in [-0.15, -0.1) is 0 Å². The van der Waals surface area contributed by atoms with E-state index in [1.54, 1.807) is 12.3 Å². The van der Waals surface area contributed by atoms with E-state index < -0.39 is 0 Å². The quantitative estimate of drug-likeness (QED) is 0.656. The molecule has 28 heavy (non-hydrogen) atoms. The Morgan fingerprint density at radius 2 is 2.18 bits per heavy atom. The van der Waals surface area contributed by atoms with Crippen LogP contribution in [0.3, 0.4) is 0 Å². The zero-order valence-corrected chi connectivity index (χ0v) is 16.7. The molecule has 0 spiro atoms. The van der Waals surface area contributed by atoms with Crippen molar-refractivity contribution in [3.05, 3.63) is 29.4 Å². The number of nitrogens with zero attached hydrogens (tertiary/aromatic N) is 3. The zero-order chi connectivity index (χ0) is 19.1. The standard InChI is InChI=1S/C19H20ClN5O2S/c20-12-7-14-15(27-10-26-14)8-16(12)28-19-24-17-13(2-5-23-18(17)21)25(19)6-3-11-1-4-22-9-11/h2,5,7-8,11,22H,1,3-4,6,9-10H2,(H2,21,23). The molecule has 4 heterocycles. The second kappa shape index (κ2) is 7.35. The fourth-order valence-electron chi connectivity index (χ4n) is 3.69. The highest BCUT2D eigenvalue weighted by Gasteiger charge is 2.21. The molecule has 7 nitrogen and oxygen atoms in total. The Hall–Kier alpha value is -2.16. The van der Waals surface area contributed by atoms with E-state index in [0.29, 0.717) is 28.3 Å². The van der Waals surface area contributed by atoms with Gasteiger partial charge >= 0.3 is 0 Å². The summed E-state index contributed by atoms with van der Waals surface area (Å²) in [5, 5.41) is 4.89. The van der Waals surface area contributed by atoms with E-state index in [1.807, 2.05) is 12.1 Å². The summed E-state index contributed by atoms with van der Waals surface area (Å²) in [4.78, 5) is 9.84. The predicted octanol–water partition coefficient (Wildman–Crippen LogP) is 3.55. The maximum Gasteiger partial charge on any atom is 0.231 e. The highest BCUT2D eigenvalue weighted by atomic mass is 35.5. The number of imidazole rings is 1. The van der Waals surface area contributed by atoms with E-state index in [-0.39, 0.29) is 6.79 Å². The summed E-state index contributed by atoms with van der Waals surface area (Å²) in [6.07, 6.45) is 4.03. The number of nitrogen functional groups attached to an aromatic ring is 1. The van der Waals surface area contributed by atoms with Crippen LogP contribution < -0.4 is 20.5 Å². The normalized spacial score (nSPS) is 18.2. The SMILES string of the molecule is Nc1nccc2c1nc(Sc1cc3c(cc1Cl)OCO3)n2CCC1CCNC1. The Labute approximate surface area is 171 Å². The Morgan fingerprint density at radius 3 is 3.00 bits per heavy atom. The predicted molar refractivity (Wildman–Crippen MR) is 109 cm³/mol. The number of hydrogen-bond acceptors (Lipinski definition) is 7. The lowest BCUT2D eigenvalue weighted by atomic mass is 10.1. The molecule has 1 aromatic carbocycles. The summed E-state index contributed by atoms with van der Waals surface area (Å²) >= 11 is 7.99. The third-order valence-corrected chi connectivity index (χ3v) is 6.69. The van der Waals surface area contributed by atoms with Crippen LogP contribution in [0, 0.1) is 5.92 Å². The fourth-order valence-corrected chi connectivity index (χ4v) is 4.92. The molecule has 3 aromatic rings. The van der Waals surface area contributed by atoms with Gasteiger partial charge in [-0.3, -0.25) is 0 Å². The number of halogens is 1. The first kappa shape index (κ1) is 17.9. The van der Waals surface area contributed by atoms with Gasteiger partial charge in [-0.25, -0.2) is 9.97 Å². The third kappa shape index (κ3) is 3.25. The number of nitrogens with one attached hydrogen (secondary N) is 1. The van der Waals surface area contributed by atoms with Crippen LogP contribution in [0.25, 0.3) is 11.0 Å². The summed E-state index contributed by atoms with van der Waals surface area (Å²) in [6.45, 7) is 3.26. The molecule has 9 heteroatoms. The van der Waals surface area contributed by atoms with Crippen molar-refractivity contribution in [3.8, 4) is 11.5 Å². The van der Waals surface area contributed by atoms with E-state index in [4.69, 9.17) is 31.8 Å². The van der Waals surface area contributed by atoms with Crippen LogP contribution in [0.2, 0.25) is 5.02 Å². The second-order valence-corrected chi connectivity index (χ2v) is 8.41. The van der Waals surface area contributed by atoms with Gasteiger partial charge in [-0.2, -0.15) is 0 Å². The number of rotatable bonds is 5. The largest absolute Gasteiger partial charge is 0.454 e. The Balaban J connectivity index is 1.51. The van der Waals surface area contributed by atoms with Crippen LogP contribution in [0.4, 0.5) is 5.82 Å². The molecule has 0 radical (unpaired) electrons. The van der Waals surface area contributed by atoms with Gasteiger partial charge < -0.3 is 25.1 Å². The molecule has 1 fully saturated rings. The number of fused-ring (bicyclic) bond motifs is 2. The molecule has 2 aliphatic rings. The van der Waals surface area contributed by atoms with Crippen LogP contribution in [-0.4, -0.2) is 34.4 Å². The molecular formula is C19H20ClN5O2S. The van der Waals surface area contributed by atoms with Crippen molar-refractivity contribution in [2.24, 2.45) is 5.92 Å². The average Bonchev–Trinajstić information content (AvgIpc) is 3.41. The maximum atomic E-state index is 6.48. The molecule has 1 atom stereocenters. The minimum Gasteiger partial charge on any atom is -0.454 e. The molecule has 146 valence electrons. The van der Waals surface area contributed by atoms with Gasteiger partial charge in [0.1, 0.15) is 5.52 Å². The van der Waals surface area contributed by atoms with Gasteiger partial charge in [0.15, 0.2) is 22.5 Å². The van der Waals surface area contributed by atoms with Crippen LogP contribution in [0.15, 0.2) is 34.4 Å². The van der Waals surface area contributed by atoms with Crippen LogP contribution in [-0.2, 0) is 6.54 Å². The monoisotopic (exact) mass is 417 g/mol. The minimum atomic E-state index is 0.218. The van der Waals surface area contributed by atoms with Crippen molar-refractivity contribution in [1.82, 2.24) is 19.9 Å². The third-order valence-electron chi connectivity index (χ3n) is 5.21. The minimum absolute atomic E-state index is 0.218. The summed E-state index contributed by atoms with van der Waals surface area (Å²) in [5.41, 5.74) is 7.81. The molecule has 0 saturated carbocycles. The van der Waals surface area contributed by atoms with E-state index in [0.717, 1.165) is 47.1 Å². The van der Waals surface area contributed by atoms with Gasteiger partial charge in [-0.05, 0) is 55.7 Å². The fraction of sp³-hybridized carbons (Fsp3) is 0.368. The molecule has 2 aliphatic heterocycles. The molecule has 0 amide bonds. The van der Waals surface area contributed by atoms with Gasteiger partial charge in [0, 0.05) is 23.7 Å². The Bertz CT molecular complexity index is 1030. The molecule has 1 unspecified atom stereocenters. The maximum absolute atomic E-state index is 6.48. The van der Waals surface area contributed by atoms with Crippen molar-refractivity contribution in [2.75, 3.05) is 25.6 Å². The van der Waals surface area contributed by atoms with E-state index >= 15 is 0 Å². The van der Waals surface area contributed by atoms with Crippen molar-refractivity contribution in [2.45, 2.75) is 29.4 Å². The summed E-state index contributed by atoms with van der Waals surface area (Å²) < 4.78 is 13.1. The van der Waals surface area contributed by atoms with Crippen molar-refractivity contribution < 1.29 is 9.47 Å². The van der Waals surface area contributed by atoms with Crippen LogP contribution in [0.5, 0.6) is 11.5 Å². The second-order valence-electron chi connectivity index (χ2n) is 7.00. The van der Waals surface area contributed by atoms with Crippen molar-refractivity contribution in [1.29, 1.82) is 0 Å². The number of anilines is 1. The molecule has 5 rings (SSSR count). The van der Waals surface area contributed by atoms with Gasteiger partial charge in [0.05, 0.1) is 10.5 Å².